The van der Waals surface area contributed by atoms with Crippen molar-refractivity contribution < 1.29 is 18.7 Å². The summed E-state index contributed by atoms with van der Waals surface area (Å²) in [7, 11) is 0. The predicted octanol–water partition coefficient (Wildman–Crippen LogP) is 6.65. The van der Waals surface area contributed by atoms with Gasteiger partial charge in [-0.1, -0.05) is 26.8 Å². The van der Waals surface area contributed by atoms with E-state index in [1.54, 1.807) is 23.0 Å². The molecule has 5 aromatic rings. The van der Waals surface area contributed by atoms with Crippen molar-refractivity contribution in [2.45, 2.75) is 33.1 Å². The Morgan fingerprint density at radius 2 is 1.68 bits per heavy atom. The van der Waals surface area contributed by atoms with Gasteiger partial charge in [-0.3, -0.25) is 15.1 Å². The fourth-order valence-corrected chi connectivity index (χ4v) is 4.02. The number of amides is 3. The number of anilines is 3. The lowest BCUT2D eigenvalue weighted by molar-refractivity contribution is -0.114. The second kappa shape index (κ2) is 11.0. The molecule has 0 saturated heterocycles. The van der Waals surface area contributed by atoms with Crippen molar-refractivity contribution in [3.05, 3.63) is 90.6 Å². The highest BCUT2D eigenvalue weighted by atomic mass is 19.1. The zero-order valence-electron chi connectivity index (χ0n) is 22.9. The molecule has 0 fully saturated rings. The number of halogens is 1. The van der Waals surface area contributed by atoms with E-state index in [2.05, 4.69) is 25.9 Å². The highest BCUT2D eigenvalue weighted by Crippen LogP contribution is 2.29. The number of ether oxygens (including phenoxy) is 1. The molecule has 0 radical (unpaired) electrons. The molecule has 3 heterocycles. The maximum atomic E-state index is 14.9. The van der Waals surface area contributed by atoms with Crippen molar-refractivity contribution in [1.29, 1.82) is 0 Å². The van der Waals surface area contributed by atoms with Crippen LogP contribution in [0.25, 0.3) is 16.6 Å². The Morgan fingerprint density at radius 1 is 0.878 bits per heavy atom. The Kier molecular flexibility index (Phi) is 7.34. The summed E-state index contributed by atoms with van der Waals surface area (Å²) in [5.41, 5.74) is 2.02. The number of hydrogen-bond acceptors (Lipinski definition) is 6. The Bertz CT molecular complexity index is 1760. The molecule has 41 heavy (non-hydrogen) atoms. The number of urea groups is 1. The van der Waals surface area contributed by atoms with Gasteiger partial charge < -0.3 is 15.4 Å². The minimum absolute atomic E-state index is 0.0394. The zero-order valence-corrected chi connectivity index (χ0v) is 22.9. The molecule has 2 aromatic carbocycles. The maximum absolute atomic E-state index is 14.9. The molecule has 3 amide bonds. The zero-order chi connectivity index (χ0) is 29.1. The van der Waals surface area contributed by atoms with E-state index in [0.29, 0.717) is 17.4 Å². The standard InChI is InChI=1S/C30H28FN7O3/c1-18(39)34-27-16-22(11-13-33-27)41-21-8-10-25(23(31)15-21)35-29(40)36-28-17-26(30(2,3)4)37-38(28)20-7-9-24-19(14-20)6-5-12-32-24/h5-17H,1-4H3,(H,33,34,39)(H2,35,36,40). The molecule has 0 saturated carbocycles. The van der Waals surface area contributed by atoms with Crippen molar-refractivity contribution in [3.8, 4) is 17.2 Å². The first-order valence-corrected chi connectivity index (χ1v) is 12.8. The van der Waals surface area contributed by atoms with Crippen molar-refractivity contribution in [2.24, 2.45) is 0 Å². The number of aromatic nitrogens is 4. The number of carbonyl (C=O) groups excluding carboxylic acids is 2. The molecule has 3 N–H and O–H groups in total. The first-order valence-electron chi connectivity index (χ1n) is 12.8. The van der Waals surface area contributed by atoms with Crippen molar-refractivity contribution in [2.75, 3.05) is 16.0 Å². The first kappa shape index (κ1) is 27.3. The van der Waals surface area contributed by atoms with E-state index in [4.69, 9.17) is 9.84 Å². The highest BCUT2D eigenvalue weighted by molar-refractivity contribution is 5.99. The minimum atomic E-state index is -0.695. The third-order valence-electron chi connectivity index (χ3n) is 6.01. The molecule has 3 aromatic heterocycles. The van der Waals surface area contributed by atoms with Crippen LogP contribution in [0.2, 0.25) is 0 Å². The van der Waals surface area contributed by atoms with Crippen LogP contribution in [0.1, 0.15) is 33.4 Å². The lowest BCUT2D eigenvalue weighted by Crippen LogP contribution is -2.22. The largest absolute Gasteiger partial charge is 0.457 e. The molecular formula is C30H28FN7O3. The van der Waals surface area contributed by atoms with Gasteiger partial charge in [0.25, 0.3) is 0 Å². The second-order valence-electron chi connectivity index (χ2n) is 10.3. The number of nitrogens with zero attached hydrogens (tertiary/aromatic N) is 4. The fraction of sp³-hybridized carbons (Fsp3) is 0.167. The summed E-state index contributed by atoms with van der Waals surface area (Å²) in [6.45, 7) is 7.45. The fourth-order valence-electron chi connectivity index (χ4n) is 4.02. The molecule has 0 aliphatic heterocycles. The van der Waals surface area contributed by atoms with Crippen LogP contribution in [0.3, 0.4) is 0 Å². The number of pyridine rings is 2. The van der Waals surface area contributed by atoms with Crippen LogP contribution in [0, 0.1) is 5.82 Å². The second-order valence-corrected chi connectivity index (χ2v) is 10.3. The maximum Gasteiger partial charge on any atom is 0.324 e. The lowest BCUT2D eigenvalue weighted by Gasteiger charge is -2.14. The Morgan fingerprint density at radius 3 is 2.44 bits per heavy atom. The van der Waals surface area contributed by atoms with E-state index in [9.17, 15) is 14.0 Å². The van der Waals surface area contributed by atoms with Gasteiger partial charge in [0.15, 0.2) is 0 Å². The lowest BCUT2D eigenvalue weighted by atomic mass is 9.92. The topological polar surface area (TPSA) is 123 Å². The molecule has 0 spiro atoms. The van der Waals surface area contributed by atoms with E-state index in [-0.39, 0.29) is 22.8 Å². The number of benzene rings is 2. The summed E-state index contributed by atoms with van der Waals surface area (Å²) in [6.07, 6.45) is 3.19. The number of hydrogen-bond donors (Lipinski definition) is 3. The Hall–Kier alpha value is -5.32. The van der Waals surface area contributed by atoms with Gasteiger partial charge in [-0.05, 0) is 42.5 Å². The number of fused-ring (bicyclic) bond motifs is 1. The van der Waals surface area contributed by atoms with Gasteiger partial charge in [-0.25, -0.2) is 18.9 Å². The molecule has 5 rings (SSSR count). The van der Waals surface area contributed by atoms with Gasteiger partial charge in [0.2, 0.25) is 5.91 Å². The summed E-state index contributed by atoms with van der Waals surface area (Å²) in [4.78, 5) is 32.6. The van der Waals surface area contributed by atoms with Crippen LogP contribution in [0.15, 0.2) is 79.1 Å². The van der Waals surface area contributed by atoms with Gasteiger partial charge >= 0.3 is 6.03 Å². The first-order chi connectivity index (χ1) is 19.5. The highest BCUT2D eigenvalue weighted by Gasteiger charge is 2.22. The predicted molar refractivity (Wildman–Crippen MR) is 155 cm³/mol. The van der Waals surface area contributed by atoms with E-state index in [0.717, 1.165) is 28.4 Å². The third kappa shape index (κ3) is 6.47. The summed E-state index contributed by atoms with van der Waals surface area (Å²) in [5.74, 6) is 0.311. The summed E-state index contributed by atoms with van der Waals surface area (Å²) < 4.78 is 22.3. The molecule has 0 unspecified atom stereocenters. The number of carbonyl (C=O) groups is 2. The van der Waals surface area contributed by atoms with Gasteiger partial charge in [-0.15, -0.1) is 0 Å². The van der Waals surface area contributed by atoms with Crippen molar-refractivity contribution in [3.63, 3.8) is 0 Å². The Balaban J connectivity index is 1.34. The normalized spacial score (nSPS) is 11.2. The smallest absolute Gasteiger partial charge is 0.324 e. The third-order valence-corrected chi connectivity index (χ3v) is 6.01. The summed E-state index contributed by atoms with van der Waals surface area (Å²) in [5, 5.41) is 13.6. The van der Waals surface area contributed by atoms with Gasteiger partial charge in [0, 0.05) is 48.3 Å². The average Bonchev–Trinajstić information content (AvgIpc) is 3.34. The SMILES string of the molecule is CC(=O)Nc1cc(Oc2ccc(NC(=O)Nc3cc(C(C)(C)C)nn3-c3ccc4ncccc4c3)c(F)c2)ccn1. The van der Waals surface area contributed by atoms with E-state index < -0.39 is 11.8 Å². The molecule has 0 aliphatic rings. The molecule has 0 aliphatic carbocycles. The summed E-state index contributed by atoms with van der Waals surface area (Å²) in [6, 6.07) is 17.8. The van der Waals surface area contributed by atoms with Crippen LogP contribution < -0.4 is 20.7 Å². The quantitative estimate of drug-likeness (QED) is 0.216. The van der Waals surface area contributed by atoms with Crippen LogP contribution in [-0.4, -0.2) is 31.7 Å². The minimum Gasteiger partial charge on any atom is -0.457 e. The van der Waals surface area contributed by atoms with Crippen LogP contribution in [0.5, 0.6) is 11.5 Å². The molecule has 0 atom stereocenters. The molecule has 11 heteroatoms. The van der Waals surface area contributed by atoms with Crippen LogP contribution >= 0.6 is 0 Å². The number of nitrogens with one attached hydrogen (secondary N) is 3. The Labute approximate surface area is 235 Å². The van der Waals surface area contributed by atoms with E-state index in [1.165, 1.54) is 31.3 Å². The van der Waals surface area contributed by atoms with Gasteiger partial charge in [0.05, 0.1) is 22.6 Å². The monoisotopic (exact) mass is 553 g/mol. The summed E-state index contributed by atoms with van der Waals surface area (Å²) >= 11 is 0. The van der Waals surface area contributed by atoms with Gasteiger partial charge in [0.1, 0.15) is 29.0 Å². The van der Waals surface area contributed by atoms with E-state index in [1.807, 2.05) is 51.1 Å². The van der Waals surface area contributed by atoms with Crippen LogP contribution in [0.4, 0.5) is 26.5 Å². The molecule has 0 bridgehead atoms. The number of rotatable bonds is 6. The van der Waals surface area contributed by atoms with Crippen LogP contribution in [-0.2, 0) is 10.2 Å². The molecule has 10 nitrogen and oxygen atoms in total. The van der Waals surface area contributed by atoms with E-state index >= 15 is 0 Å². The van der Waals surface area contributed by atoms with Gasteiger partial charge in [-0.2, -0.15) is 5.10 Å². The van der Waals surface area contributed by atoms with Crippen molar-refractivity contribution in [1.82, 2.24) is 19.7 Å². The van der Waals surface area contributed by atoms with Crippen molar-refractivity contribution >= 4 is 40.2 Å². The molecular weight excluding hydrogens is 525 g/mol. The molecule has 208 valence electrons. The average molecular weight is 554 g/mol.